The first kappa shape index (κ1) is 13.4. The molecule has 0 heterocycles. The van der Waals surface area contributed by atoms with E-state index >= 15 is 0 Å². The van der Waals surface area contributed by atoms with Crippen molar-refractivity contribution in [2.75, 3.05) is 18.5 Å². The Kier molecular flexibility index (Phi) is 4.45. The fourth-order valence-electron chi connectivity index (χ4n) is 1.60. The number of nitrogens with two attached hydrogens (primary N) is 1. The predicted molar refractivity (Wildman–Crippen MR) is 67.0 cm³/mol. The monoisotopic (exact) mass is 239 g/mol. The molecule has 0 radical (unpaired) electrons. The van der Waals surface area contributed by atoms with Crippen molar-refractivity contribution in [2.24, 2.45) is 5.73 Å². The molecule has 1 aromatic rings. The number of nitrogens with one attached hydrogen (secondary N) is 1. The van der Waals surface area contributed by atoms with Crippen LogP contribution in [0.25, 0.3) is 0 Å². The number of amidine groups is 1. The fraction of sp³-hybridized carbons (Fsp3) is 0.417. The molecule has 0 aliphatic carbocycles. The van der Waals surface area contributed by atoms with Crippen molar-refractivity contribution < 1.29 is 9.50 Å². The van der Waals surface area contributed by atoms with Gasteiger partial charge in [0.2, 0.25) is 0 Å². The van der Waals surface area contributed by atoms with Crippen LogP contribution in [0.5, 0.6) is 0 Å². The molecule has 1 unspecified atom stereocenters. The molecule has 1 atom stereocenters. The molecule has 4 N–H and O–H groups in total. The van der Waals surface area contributed by atoms with Gasteiger partial charge in [0.05, 0.1) is 17.4 Å². The van der Waals surface area contributed by atoms with E-state index in [1.54, 1.807) is 31.0 Å². The van der Waals surface area contributed by atoms with Gasteiger partial charge in [-0.3, -0.25) is 5.41 Å². The maximum absolute atomic E-state index is 13.6. The second-order valence-electron chi connectivity index (χ2n) is 4.11. The number of hydrogen-bond acceptors (Lipinski definition) is 3. The molecule has 0 spiro atoms. The first-order valence-corrected chi connectivity index (χ1v) is 5.45. The van der Waals surface area contributed by atoms with Crippen LogP contribution in [-0.4, -0.2) is 30.6 Å². The van der Waals surface area contributed by atoms with Crippen molar-refractivity contribution in [3.05, 3.63) is 29.6 Å². The highest BCUT2D eigenvalue weighted by Crippen LogP contribution is 2.22. The smallest absolute Gasteiger partial charge is 0.136 e. The van der Waals surface area contributed by atoms with Crippen LogP contribution in [0.3, 0.4) is 0 Å². The zero-order valence-electron chi connectivity index (χ0n) is 10.1. The quantitative estimate of drug-likeness (QED) is 0.536. The summed E-state index contributed by atoms with van der Waals surface area (Å²) in [6.07, 6.45) is 0.163. The number of nitrogen functional groups attached to an aromatic ring is 1. The van der Waals surface area contributed by atoms with Crippen LogP contribution in [-0.2, 0) is 0 Å². The summed E-state index contributed by atoms with van der Waals surface area (Å²) in [5.41, 5.74) is 6.06. The van der Waals surface area contributed by atoms with Crippen molar-refractivity contribution in [3.63, 3.8) is 0 Å². The van der Waals surface area contributed by atoms with Crippen LogP contribution in [0.15, 0.2) is 18.2 Å². The Balaban J connectivity index is 2.96. The summed E-state index contributed by atoms with van der Waals surface area (Å²) in [5.74, 6) is -0.791. The lowest BCUT2D eigenvalue weighted by Gasteiger charge is -2.23. The molecule has 0 aliphatic rings. The van der Waals surface area contributed by atoms with Gasteiger partial charge in [0.1, 0.15) is 11.7 Å². The van der Waals surface area contributed by atoms with E-state index in [1.165, 1.54) is 6.07 Å². The lowest BCUT2D eigenvalue weighted by atomic mass is 10.1. The standard InChI is InChI=1S/C12H18FN3O/c1-8(17)6-7-16(2)10-5-3-4-9(13)11(10)12(14)15/h3-5,8,17H,6-7H2,1-2H3,(H3,14,15). The first-order chi connectivity index (χ1) is 7.93. The molecule has 94 valence electrons. The molecule has 0 fully saturated rings. The van der Waals surface area contributed by atoms with Gasteiger partial charge in [0, 0.05) is 13.6 Å². The van der Waals surface area contributed by atoms with Gasteiger partial charge in [0.25, 0.3) is 0 Å². The van der Waals surface area contributed by atoms with Crippen molar-refractivity contribution in [2.45, 2.75) is 19.4 Å². The molecule has 4 nitrogen and oxygen atoms in total. The zero-order chi connectivity index (χ0) is 13.0. The predicted octanol–water partition coefficient (Wildman–Crippen LogP) is 1.32. The molecule has 1 rings (SSSR count). The third-order valence-corrected chi connectivity index (χ3v) is 2.55. The van der Waals surface area contributed by atoms with Gasteiger partial charge in [-0.25, -0.2) is 4.39 Å². The van der Waals surface area contributed by atoms with Gasteiger partial charge in [0.15, 0.2) is 0 Å². The molecule has 0 saturated heterocycles. The van der Waals surface area contributed by atoms with E-state index in [1.807, 2.05) is 0 Å². The van der Waals surface area contributed by atoms with Crippen molar-refractivity contribution >= 4 is 11.5 Å². The molecule has 0 bridgehead atoms. The number of halogens is 1. The number of nitrogens with zero attached hydrogens (tertiary/aromatic N) is 1. The van der Waals surface area contributed by atoms with Gasteiger partial charge in [-0.15, -0.1) is 0 Å². The molecule has 0 aliphatic heterocycles. The summed E-state index contributed by atoms with van der Waals surface area (Å²) in [5, 5.41) is 16.6. The molecule has 17 heavy (non-hydrogen) atoms. The highest BCUT2D eigenvalue weighted by Gasteiger charge is 2.14. The minimum atomic E-state index is -0.501. The Morgan fingerprint density at radius 3 is 2.76 bits per heavy atom. The average Bonchev–Trinajstić information content (AvgIpc) is 2.24. The maximum Gasteiger partial charge on any atom is 0.136 e. The number of rotatable bonds is 5. The van der Waals surface area contributed by atoms with Crippen LogP contribution >= 0.6 is 0 Å². The van der Waals surface area contributed by atoms with E-state index in [-0.39, 0.29) is 11.4 Å². The zero-order valence-corrected chi connectivity index (χ0v) is 10.1. The summed E-state index contributed by atoms with van der Waals surface area (Å²) < 4.78 is 13.6. The van der Waals surface area contributed by atoms with Gasteiger partial charge >= 0.3 is 0 Å². The Labute approximate surface area is 100 Å². The number of benzene rings is 1. The first-order valence-electron chi connectivity index (χ1n) is 5.45. The van der Waals surface area contributed by atoms with Crippen LogP contribution in [0.4, 0.5) is 10.1 Å². The third-order valence-electron chi connectivity index (χ3n) is 2.55. The highest BCUT2D eigenvalue weighted by atomic mass is 19.1. The highest BCUT2D eigenvalue weighted by molar-refractivity contribution is 6.00. The molecule has 0 saturated carbocycles. The topological polar surface area (TPSA) is 73.3 Å². The normalized spacial score (nSPS) is 12.2. The van der Waals surface area contributed by atoms with Crippen molar-refractivity contribution in [1.82, 2.24) is 0 Å². The molecular weight excluding hydrogens is 221 g/mol. The largest absolute Gasteiger partial charge is 0.393 e. The van der Waals surface area contributed by atoms with E-state index in [0.717, 1.165) is 0 Å². The summed E-state index contributed by atoms with van der Waals surface area (Å²) in [6, 6.07) is 4.57. The lowest BCUT2D eigenvalue weighted by molar-refractivity contribution is 0.187. The van der Waals surface area contributed by atoms with E-state index in [9.17, 15) is 9.50 Å². The molecular formula is C12H18FN3O. The van der Waals surface area contributed by atoms with E-state index in [2.05, 4.69) is 0 Å². The molecule has 0 amide bonds. The van der Waals surface area contributed by atoms with Gasteiger partial charge in [-0.05, 0) is 25.5 Å². The number of hydrogen-bond donors (Lipinski definition) is 3. The number of aliphatic hydroxyl groups excluding tert-OH is 1. The third kappa shape index (κ3) is 3.42. The summed E-state index contributed by atoms with van der Waals surface area (Å²) in [7, 11) is 1.78. The van der Waals surface area contributed by atoms with Gasteiger partial charge < -0.3 is 15.7 Å². The van der Waals surface area contributed by atoms with Crippen molar-refractivity contribution in [3.8, 4) is 0 Å². The summed E-state index contributed by atoms with van der Waals surface area (Å²) >= 11 is 0. The van der Waals surface area contributed by atoms with Gasteiger partial charge in [-0.1, -0.05) is 6.07 Å². The van der Waals surface area contributed by atoms with Crippen molar-refractivity contribution in [1.29, 1.82) is 5.41 Å². The minimum absolute atomic E-state index is 0.112. The summed E-state index contributed by atoms with van der Waals surface area (Å²) in [6.45, 7) is 2.27. The fourth-order valence-corrected chi connectivity index (χ4v) is 1.60. The van der Waals surface area contributed by atoms with Crippen LogP contribution < -0.4 is 10.6 Å². The number of anilines is 1. The van der Waals surface area contributed by atoms with Gasteiger partial charge in [-0.2, -0.15) is 0 Å². The minimum Gasteiger partial charge on any atom is -0.393 e. The summed E-state index contributed by atoms with van der Waals surface area (Å²) in [4.78, 5) is 1.78. The van der Waals surface area contributed by atoms with Crippen LogP contribution in [0, 0.1) is 11.2 Å². The van der Waals surface area contributed by atoms with E-state index < -0.39 is 11.9 Å². The van der Waals surface area contributed by atoms with E-state index in [0.29, 0.717) is 18.7 Å². The Morgan fingerprint density at radius 2 is 2.24 bits per heavy atom. The number of aliphatic hydroxyl groups is 1. The van der Waals surface area contributed by atoms with E-state index in [4.69, 9.17) is 11.1 Å². The average molecular weight is 239 g/mol. The Morgan fingerprint density at radius 1 is 1.59 bits per heavy atom. The second-order valence-corrected chi connectivity index (χ2v) is 4.11. The Bertz CT molecular complexity index is 407. The molecule has 0 aromatic heterocycles. The maximum atomic E-state index is 13.6. The Hall–Kier alpha value is -1.62. The van der Waals surface area contributed by atoms with Crippen LogP contribution in [0.1, 0.15) is 18.9 Å². The molecule has 5 heteroatoms. The second kappa shape index (κ2) is 5.63. The van der Waals surface area contributed by atoms with Crippen LogP contribution in [0.2, 0.25) is 0 Å². The molecule has 1 aromatic carbocycles. The lowest BCUT2D eigenvalue weighted by Crippen LogP contribution is -2.26. The SMILES string of the molecule is CC(O)CCN(C)c1cccc(F)c1C(=N)N.